The molecule has 16 nitrogen and oxygen atoms in total. The molecule has 0 saturated carbocycles. The van der Waals surface area contributed by atoms with Crippen LogP contribution < -0.4 is 14.2 Å². The molecule has 2 heterocycles. The van der Waals surface area contributed by atoms with E-state index in [0.717, 1.165) is 13.2 Å². The van der Waals surface area contributed by atoms with Crippen LogP contribution in [-0.4, -0.2) is 134 Å². The van der Waals surface area contributed by atoms with Crippen molar-refractivity contribution in [2.75, 3.05) is 20.3 Å². The molecule has 0 spiro atoms. The van der Waals surface area contributed by atoms with E-state index in [4.69, 9.17) is 28.4 Å². The summed E-state index contributed by atoms with van der Waals surface area (Å²) in [6, 6.07) is 8.40. The van der Waals surface area contributed by atoms with Crippen LogP contribution in [0.5, 0.6) is 23.0 Å². The number of hydrogen-bond acceptors (Lipinski definition) is 16. The summed E-state index contributed by atoms with van der Waals surface area (Å²) in [6.07, 6.45) is -15.6. The molecular formula is C27H34O16. The number of aromatic hydroxyl groups is 1. The quantitative estimate of drug-likeness (QED) is 0.122. The van der Waals surface area contributed by atoms with Crippen molar-refractivity contribution in [3.63, 3.8) is 0 Å². The Morgan fingerprint density at radius 2 is 1.28 bits per heavy atom. The van der Waals surface area contributed by atoms with E-state index in [0.29, 0.717) is 0 Å². The Morgan fingerprint density at radius 1 is 0.744 bits per heavy atom. The number of benzene rings is 2. The lowest BCUT2D eigenvalue weighted by molar-refractivity contribution is -0.277. The Balaban J connectivity index is 1.50. The molecule has 0 radical (unpaired) electrons. The molecule has 4 rings (SSSR count). The topological polar surface area (TPSA) is 255 Å². The Bertz CT molecular complexity index is 1240. The number of esters is 1. The van der Waals surface area contributed by atoms with Gasteiger partial charge >= 0.3 is 5.97 Å². The molecular weight excluding hydrogens is 580 g/mol. The number of phenolic OH excluding ortho intramolecular Hbond substituents is 1. The molecule has 0 bridgehead atoms. The average Bonchev–Trinajstić information content (AvgIpc) is 3.01. The maximum atomic E-state index is 13.1. The number of aliphatic hydroxyl groups excluding tert-OH is 8. The van der Waals surface area contributed by atoms with Crippen molar-refractivity contribution in [1.82, 2.24) is 0 Å². The van der Waals surface area contributed by atoms with Gasteiger partial charge in [0, 0.05) is 5.56 Å². The van der Waals surface area contributed by atoms with Crippen LogP contribution in [0.1, 0.15) is 15.9 Å². The second-order valence-corrected chi connectivity index (χ2v) is 9.81. The van der Waals surface area contributed by atoms with E-state index in [2.05, 4.69) is 0 Å². The van der Waals surface area contributed by atoms with Crippen molar-refractivity contribution in [3.05, 3.63) is 47.5 Å². The molecule has 2 aromatic carbocycles. The lowest BCUT2D eigenvalue weighted by Gasteiger charge is -2.39. The van der Waals surface area contributed by atoms with Gasteiger partial charge in [-0.3, -0.25) is 0 Å². The molecule has 9 N–H and O–H groups in total. The molecule has 0 unspecified atom stereocenters. The first-order chi connectivity index (χ1) is 20.5. The zero-order valence-electron chi connectivity index (χ0n) is 22.7. The Morgan fingerprint density at radius 3 is 1.81 bits per heavy atom. The van der Waals surface area contributed by atoms with Crippen LogP contribution in [0.3, 0.4) is 0 Å². The summed E-state index contributed by atoms with van der Waals surface area (Å²) in [7, 11) is 1.16. The molecule has 16 heteroatoms. The van der Waals surface area contributed by atoms with E-state index in [-0.39, 0.29) is 22.8 Å². The van der Waals surface area contributed by atoms with Gasteiger partial charge in [-0.05, 0) is 18.2 Å². The van der Waals surface area contributed by atoms with Crippen molar-refractivity contribution in [2.24, 2.45) is 0 Å². The smallest absolute Gasteiger partial charge is 0.346 e. The fourth-order valence-corrected chi connectivity index (χ4v) is 4.58. The van der Waals surface area contributed by atoms with E-state index in [1.165, 1.54) is 18.2 Å². The van der Waals surface area contributed by atoms with Crippen molar-refractivity contribution in [3.8, 4) is 23.0 Å². The van der Waals surface area contributed by atoms with E-state index in [1.807, 2.05) is 0 Å². The highest BCUT2D eigenvalue weighted by atomic mass is 16.7. The second-order valence-electron chi connectivity index (χ2n) is 9.81. The Kier molecular flexibility index (Phi) is 10.6. The minimum Gasteiger partial charge on any atom is -0.507 e. The molecule has 2 aliphatic rings. The molecule has 10 atom stereocenters. The number of para-hydroxylation sites is 1. The van der Waals surface area contributed by atoms with Crippen LogP contribution >= 0.6 is 0 Å². The second kappa shape index (κ2) is 14.0. The highest BCUT2D eigenvalue weighted by Gasteiger charge is 2.46. The van der Waals surface area contributed by atoms with Crippen LogP contribution in [0.4, 0.5) is 0 Å². The van der Waals surface area contributed by atoms with E-state index in [9.17, 15) is 50.8 Å². The third-order valence-corrected chi connectivity index (χ3v) is 7.02. The van der Waals surface area contributed by atoms with Gasteiger partial charge in [-0.1, -0.05) is 18.2 Å². The van der Waals surface area contributed by atoms with Crippen molar-refractivity contribution in [2.45, 2.75) is 68.0 Å². The molecule has 2 saturated heterocycles. The maximum Gasteiger partial charge on any atom is 0.346 e. The minimum absolute atomic E-state index is 0.0653. The van der Waals surface area contributed by atoms with Crippen LogP contribution in [0.15, 0.2) is 36.4 Å². The molecule has 2 aliphatic heterocycles. The normalized spacial score (nSPS) is 32.6. The van der Waals surface area contributed by atoms with E-state index < -0.39 is 98.5 Å². The highest BCUT2D eigenvalue weighted by Crippen LogP contribution is 2.39. The van der Waals surface area contributed by atoms with Crippen LogP contribution in [0, 0.1) is 0 Å². The predicted octanol–water partition coefficient (Wildman–Crippen LogP) is -2.88. The number of carbonyl (C=O) groups excluding carboxylic acids is 1. The van der Waals surface area contributed by atoms with Gasteiger partial charge in [0.25, 0.3) is 0 Å². The molecule has 0 aromatic heterocycles. The minimum atomic E-state index is -1.76. The summed E-state index contributed by atoms with van der Waals surface area (Å²) in [6.45, 7) is -1.79. The third-order valence-electron chi connectivity index (χ3n) is 7.02. The van der Waals surface area contributed by atoms with Crippen LogP contribution in [-0.2, 0) is 20.8 Å². The SMILES string of the molecule is COc1c(O[C@@H]2O[C@@H](CO)[C@@H](O)[C@@H](O)[C@H]2O)ccc(O)c1C(=O)OCc1ccccc1O[C@H]1O[C@H](CO)[C@@H](O)[C@H](O)[C@H]1O. The summed E-state index contributed by atoms with van der Waals surface area (Å²) in [4.78, 5) is 13.1. The number of phenols is 1. The highest BCUT2D eigenvalue weighted by molar-refractivity contribution is 5.96. The van der Waals surface area contributed by atoms with Gasteiger partial charge in [-0.25, -0.2) is 4.79 Å². The summed E-state index contributed by atoms with van der Waals surface area (Å²) in [5.41, 5.74) is -0.211. The molecule has 238 valence electrons. The van der Waals surface area contributed by atoms with E-state index >= 15 is 0 Å². The van der Waals surface area contributed by atoms with Crippen molar-refractivity contribution >= 4 is 5.97 Å². The maximum absolute atomic E-state index is 13.1. The number of rotatable bonds is 10. The summed E-state index contributed by atoms with van der Waals surface area (Å²) >= 11 is 0. The van der Waals surface area contributed by atoms with Gasteiger partial charge in [0.1, 0.15) is 72.5 Å². The van der Waals surface area contributed by atoms with Gasteiger partial charge in [-0.2, -0.15) is 0 Å². The first-order valence-corrected chi connectivity index (χ1v) is 13.1. The predicted molar refractivity (Wildman–Crippen MR) is 139 cm³/mol. The molecule has 43 heavy (non-hydrogen) atoms. The number of hydrogen-bond donors (Lipinski definition) is 9. The van der Waals surface area contributed by atoms with Crippen molar-refractivity contribution in [1.29, 1.82) is 0 Å². The monoisotopic (exact) mass is 614 g/mol. The van der Waals surface area contributed by atoms with Crippen LogP contribution in [0.25, 0.3) is 0 Å². The third kappa shape index (κ3) is 6.78. The largest absolute Gasteiger partial charge is 0.507 e. The average molecular weight is 615 g/mol. The first kappa shape index (κ1) is 32.6. The van der Waals surface area contributed by atoms with Crippen LogP contribution in [0.2, 0.25) is 0 Å². The molecule has 0 amide bonds. The molecule has 0 aliphatic carbocycles. The molecule has 2 aromatic rings. The zero-order chi connectivity index (χ0) is 31.4. The number of carbonyl (C=O) groups is 1. The fraction of sp³-hybridized carbons (Fsp3) is 0.519. The lowest BCUT2D eigenvalue weighted by Crippen LogP contribution is -2.60. The fourth-order valence-electron chi connectivity index (χ4n) is 4.58. The Hall–Kier alpha value is -3.29. The van der Waals surface area contributed by atoms with Crippen molar-refractivity contribution < 1.29 is 79.2 Å². The number of ether oxygens (including phenoxy) is 6. The van der Waals surface area contributed by atoms with Gasteiger partial charge in [-0.15, -0.1) is 0 Å². The standard InChI is InChI=1S/C27H34O16/c1-38-24-14(41-27-23(36)21(34)19(32)16(9-29)43-27)7-6-12(30)17(24)25(37)39-10-11-4-2-3-5-13(11)40-26-22(35)20(33)18(31)15(8-28)42-26/h2-7,15-16,18-23,26-36H,8-10H2,1H3/t15-,16+,18-,19-,20+,21-,22-,23-,26+,27-/m1/s1. The number of aliphatic hydroxyl groups is 8. The summed E-state index contributed by atoms with van der Waals surface area (Å²) < 4.78 is 32.6. The lowest BCUT2D eigenvalue weighted by atomic mass is 9.99. The van der Waals surface area contributed by atoms with Gasteiger partial charge in [0.2, 0.25) is 12.6 Å². The van der Waals surface area contributed by atoms with Gasteiger partial charge < -0.3 is 74.4 Å². The molecule has 2 fully saturated rings. The van der Waals surface area contributed by atoms with E-state index in [1.54, 1.807) is 12.1 Å². The Labute approximate surface area is 244 Å². The van der Waals surface area contributed by atoms with Gasteiger partial charge in [0.05, 0.1) is 20.3 Å². The summed E-state index contributed by atoms with van der Waals surface area (Å²) in [5.74, 6) is -2.13. The zero-order valence-corrected chi connectivity index (χ0v) is 22.7. The number of methoxy groups -OCH3 is 1. The van der Waals surface area contributed by atoms with Gasteiger partial charge in [0.15, 0.2) is 11.5 Å². The summed E-state index contributed by atoms with van der Waals surface area (Å²) in [5, 5.41) is 90.0. The first-order valence-electron chi connectivity index (χ1n) is 13.1.